The Hall–Kier alpha value is -2.91. The standard InChI is InChI=1S/C16H15N3O5S/c1-22-14-7-12-13(8-15(14)23-2)17-9-18-16(12)24-11-5-3-10(4-6-11)19-25(20)21/h3-9,19H,1-2H3,(H,20,21)/p-1. The molecule has 1 atom stereocenters. The van der Waals surface area contributed by atoms with Gasteiger partial charge in [-0.15, -0.1) is 0 Å². The van der Waals surface area contributed by atoms with Crippen LogP contribution in [0.15, 0.2) is 42.7 Å². The van der Waals surface area contributed by atoms with Gasteiger partial charge in [-0.25, -0.2) is 9.97 Å². The maximum absolute atomic E-state index is 10.6. The number of aromatic nitrogens is 2. The van der Waals surface area contributed by atoms with Crippen molar-refractivity contribution in [1.29, 1.82) is 0 Å². The normalized spacial score (nSPS) is 11.8. The van der Waals surface area contributed by atoms with Gasteiger partial charge < -0.3 is 23.5 Å². The Balaban J connectivity index is 1.94. The first-order chi connectivity index (χ1) is 12.1. The quantitative estimate of drug-likeness (QED) is 0.674. The van der Waals surface area contributed by atoms with E-state index >= 15 is 0 Å². The molecule has 9 heteroatoms. The molecule has 0 saturated carbocycles. The largest absolute Gasteiger partial charge is 0.755 e. The molecule has 0 spiro atoms. The third kappa shape index (κ3) is 3.78. The van der Waals surface area contributed by atoms with E-state index in [1.165, 1.54) is 6.33 Å². The van der Waals surface area contributed by atoms with Gasteiger partial charge in [0, 0.05) is 23.0 Å². The molecule has 3 rings (SSSR count). The number of nitrogens with zero attached hydrogens (tertiary/aromatic N) is 2. The van der Waals surface area contributed by atoms with Crippen LogP contribution in [0.2, 0.25) is 0 Å². The van der Waals surface area contributed by atoms with Crippen molar-refractivity contribution >= 4 is 27.9 Å². The van der Waals surface area contributed by atoms with E-state index < -0.39 is 11.3 Å². The first-order valence-electron chi connectivity index (χ1n) is 7.11. The second kappa shape index (κ2) is 7.32. The van der Waals surface area contributed by atoms with Gasteiger partial charge >= 0.3 is 0 Å². The smallest absolute Gasteiger partial charge is 0.230 e. The monoisotopic (exact) mass is 360 g/mol. The van der Waals surface area contributed by atoms with E-state index in [0.717, 1.165) is 0 Å². The molecule has 1 aromatic heterocycles. The second-order valence-corrected chi connectivity index (χ2v) is 5.54. The highest BCUT2D eigenvalue weighted by Crippen LogP contribution is 2.35. The van der Waals surface area contributed by atoms with Crippen LogP contribution in [0, 0.1) is 0 Å². The summed E-state index contributed by atoms with van der Waals surface area (Å²) >= 11 is -2.37. The van der Waals surface area contributed by atoms with Crippen LogP contribution >= 0.6 is 0 Å². The summed E-state index contributed by atoms with van der Waals surface area (Å²) in [6, 6.07) is 9.89. The molecule has 0 aliphatic heterocycles. The molecule has 1 unspecified atom stereocenters. The molecule has 0 saturated heterocycles. The molecule has 1 heterocycles. The molecule has 130 valence electrons. The summed E-state index contributed by atoms with van der Waals surface area (Å²) < 4.78 is 39.9. The highest BCUT2D eigenvalue weighted by molar-refractivity contribution is 7.80. The molecule has 0 bridgehead atoms. The summed E-state index contributed by atoms with van der Waals surface area (Å²) in [5.74, 6) is 1.93. The van der Waals surface area contributed by atoms with E-state index in [1.807, 2.05) is 0 Å². The van der Waals surface area contributed by atoms with Crippen LogP contribution in [0.5, 0.6) is 23.1 Å². The van der Waals surface area contributed by atoms with Crippen molar-refractivity contribution in [1.82, 2.24) is 9.97 Å². The maximum atomic E-state index is 10.6. The number of ether oxygens (including phenoxy) is 3. The number of anilines is 1. The number of methoxy groups -OCH3 is 2. The van der Waals surface area contributed by atoms with E-state index in [4.69, 9.17) is 14.2 Å². The summed E-state index contributed by atoms with van der Waals surface area (Å²) in [4.78, 5) is 8.37. The fourth-order valence-electron chi connectivity index (χ4n) is 2.24. The molecule has 0 radical (unpaired) electrons. The average Bonchev–Trinajstić information content (AvgIpc) is 2.62. The van der Waals surface area contributed by atoms with Crippen molar-refractivity contribution in [2.75, 3.05) is 18.9 Å². The molecule has 25 heavy (non-hydrogen) atoms. The third-order valence-corrected chi connectivity index (χ3v) is 3.78. The zero-order valence-corrected chi connectivity index (χ0v) is 14.2. The predicted molar refractivity (Wildman–Crippen MR) is 91.7 cm³/mol. The second-order valence-electron chi connectivity index (χ2n) is 4.87. The summed E-state index contributed by atoms with van der Waals surface area (Å²) in [6.45, 7) is 0. The number of fused-ring (bicyclic) bond motifs is 1. The zero-order valence-electron chi connectivity index (χ0n) is 13.4. The maximum Gasteiger partial charge on any atom is 0.230 e. The van der Waals surface area contributed by atoms with Crippen LogP contribution in [0.25, 0.3) is 10.9 Å². The van der Waals surface area contributed by atoms with Gasteiger partial charge in [-0.05, 0) is 30.3 Å². The van der Waals surface area contributed by atoms with Crippen molar-refractivity contribution in [2.24, 2.45) is 0 Å². The number of hydrogen-bond acceptors (Lipinski definition) is 7. The van der Waals surface area contributed by atoms with Crippen LogP contribution in [-0.4, -0.2) is 32.9 Å². The Bertz CT molecular complexity index is 918. The lowest BCUT2D eigenvalue weighted by Gasteiger charge is -2.12. The number of benzene rings is 2. The number of nitrogens with one attached hydrogen (secondary N) is 1. The highest BCUT2D eigenvalue weighted by atomic mass is 32.2. The van der Waals surface area contributed by atoms with Crippen LogP contribution in [0.3, 0.4) is 0 Å². The Morgan fingerprint density at radius 2 is 1.72 bits per heavy atom. The Labute approximate surface area is 146 Å². The van der Waals surface area contributed by atoms with Crippen LogP contribution < -0.4 is 18.9 Å². The zero-order chi connectivity index (χ0) is 17.8. The topological polar surface area (TPSA) is 106 Å². The van der Waals surface area contributed by atoms with E-state index in [-0.39, 0.29) is 0 Å². The summed E-state index contributed by atoms with van der Waals surface area (Å²) in [6.07, 6.45) is 1.39. The highest BCUT2D eigenvalue weighted by Gasteiger charge is 2.12. The molecule has 1 N–H and O–H groups in total. The predicted octanol–water partition coefficient (Wildman–Crippen LogP) is 2.65. The van der Waals surface area contributed by atoms with Crippen LogP contribution in [0.4, 0.5) is 5.69 Å². The molecule has 0 amide bonds. The fourth-order valence-corrected chi connectivity index (χ4v) is 2.57. The van der Waals surface area contributed by atoms with Crippen molar-refractivity contribution in [2.45, 2.75) is 0 Å². The van der Waals surface area contributed by atoms with Crippen molar-refractivity contribution < 1.29 is 23.0 Å². The van der Waals surface area contributed by atoms with Crippen LogP contribution in [0.1, 0.15) is 0 Å². The van der Waals surface area contributed by atoms with Gasteiger partial charge in [-0.2, -0.15) is 0 Å². The minimum absolute atomic E-state index is 0.346. The minimum atomic E-state index is -2.37. The summed E-state index contributed by atoms with van der Waals surface area (Å²) in [5.41, 5.74) is 1.07. The molecular weight excluding hydrogens is 346 g/mol. The van der Waals surface area contributed by atoms with E-state index in [2.05, 4.69) is 14.7 Å². The first-order valence-corrected chi connectivity index (χ1v) is 8.19. The fraction of sp³-hybridized carbons (Fsp3) is 0.125. The summed E-state index contributed by atoms with van der Waals surface area (Å²) in [7, 11) is 3.09. The minimum Gasteiger partial charge on any atom is -0.755 e. The van der Waals surface area contributed by atoms with Crippen molar-refractivity contribution in [3.63, 3.8) is 0 Å². The first kappa shape index (κ1) is 16.9. The van der Waals surface area contributed by atoms with Crippen molar-refractivity contribution in [3.05, 3.63) is 42.7 Å². The van der Waals surface area contributed by atoms with Crippen molar-refractivity contribution in [3.8, 4) is 23.1 Å². The SMILES string of the molecule is COc1cc2ncnc(Oc3ccc(NS(=O)[O-])cc3)c2cc1OC. The molecule has 3 aromatic rings. The van der Waals surface area contributed by atoms with Gasteiger partial charge in [0.15, 0.2) is 11.5 Å². The Morgan fingerprint density at radius 1 is 1.04 bits per heavy atom. The Kier molecular flexibility index (Phi) is 4.96. The van der Waals surface area contributed by atoms with Crippen LogP contribution in [-0.2, 0) is 11.3 Å². The molecular formula is C16H14N3O5S-. The molecule has 2 aromatic carbocycles. The van der Waals surface area contributed by atoms with Gasteiger partial charge in [0.2, 0.25) is 5.88 Å². The lowest BCUT2D eigenvalue weighted by molar-refractivity contribution is 0.355. The molecule has 0 aliphatic carbocycles. The molecule has 0 aliphatic rings. The average molecular weight is 360 g/mol. The number of rotatable bonds is 6. The van der Waals surface area contributed by atoms with Gasteiger partial charge in [-0.1, -0.05) is 0 Å². The van der Waals surface area contributed by atoms with Gasteiger partial charge in [-0.3, -0.25) is 4.21 Å². The molecule has 0 fully saturated rings. The summed E-state index contributed by atoms with van der Waals surface area (Å²) in [5, 5.41) is 0.656. The van der Waals surface area contributed by atoms with E-state index in [0.29, 0.717) is 39.7 Å². The Morgan fingerprint density at radius 3 is 2.36 bits per heavy atom. The van der Waals surface area contributed by atoms with Gasteiger partial charge in [0.05, 0.1) is 25.1 Å². The van der Waals surface area contributed by atoms with Gasteiger partial charge in [0.1, 0.15) is 12.1 Å². The lowest BCUT2D eigenvalue weighted by Crippen LogP contribution is -2.01. The lowest BCUT2D eigenvalue weighted by atomic mass is 10.2. The third-order valence-electron chi connectivity index (χ3n) is 3.37. The van der Waals surface area contributed by atoms with E-state index in [9.17, 15) is 8.76 Å². The van der Waals surface area contributed by atoms with Gasteiger partial charge in [0.25, 0.3) is 0 Å². The molecule has 8 nitrogen and oxygen atoms in total. The number of hydrogen-bond donors (Lipinski definition) is 1. The van der Waals surface area contributed by atoms with E-state index in [1.54, 1.807) is 50.6 Å².